The van der Waals surface area contributed by atoms with Gasteiger partial charge in [0, 0.05) is 24.0 Å². The van der Waals surface area contributed by atoms with Gasteiger partial charge in [-0.15, -0.1) is 11.3 Å². The van der Waals surface area contributed by atoms with Crippen LogP contribution in [0, 0.1) is 0 Å². The summed E-state index contributed by atoms with van der Waals surface area (Å²) in [6.07, 6.45) is 6.38. The molecule has 8 nitrogen and oxygen atoms in total. The zero-order valence-electron chi connectivity index (χ0n) is 15.5. The molecule has 4 rings (SSSR count). The highest BCUT2D eigenvalue weighted by Gasteiger charge is 2.28. The fourth-order valence-electron chi connectivity index (χ4n) is 3.70. The van der Waals surface area contributed by atoms with Crippen molar-refractivity contribution in [3.05, 3.63) is 29.3 Å². The SMILES string of the molecule is O=C(Cc1ccc(S(=O)(=O)N2CCOCC2)s1)Nc1ccnn1C1CCCC1. The summed E-state index contributed by atoms with van der Waals surface area (Å²) in [5, 5.41) is 7.28. The Morgan fingerprint density at radius 3 is 2.71 bits per heavy atom. The first-order valence-corrected chi connectivity index (χ1v) is 11.8. The Labute approximate surface area is 168 Å². The van der Waals surface area contributed by atoms with Gasteiger partial charge in [-0.2, -0.15) is 9.40 Å². The van der Waals surface area contributed by atoms with Gasteiger partial charge in [0.15, 0.2) is 0 Å². The van der Waals surface area contributed by atoms with E-state index in [1.54, 1.807) is 24.4 Å². The van der Waals surface area contributed by atoms with Crippen LogP contribution in [0.25, 0.3) is 0 Å². The van der Waals surface area contributed by atoms with E-state index in [4.69, 9.17) is 4.74 Å². The van der Waals surface area contributed by atoms with Gasteiger partial charge in [0.05, 0.1) is 31.9 Å². The zero-order chi connectivity index (χ0) is 19.6. The van der Waals surface area contributed by atoms with Crippen molar-refractivity contribution >= 4 is 33.1 Å². The topological polar surface area (TPSA) is 93.5 Å². The van der Waals surface area contributed by atoms with Crippen molar-refractivity contribution in [1.82, 2.24) is 14.1 Å². The molecule has 1 aliphatic carbocycles. The summed E-state index contributed by atoms with van der Waals surface area (Å²) >= 11 is 1.15. The fourth-order valence-corrected chi connectivity index (χ4v) is 6.62. The molecular formula is C18H24N4O4S2. The van der Waals surface area contributed by atoms with Crippen LogP contribution in [0.15, 0.2) is 28.6 Å². The van der Waals surface area contributed by atoms with Gasteiger partial charge < -0.3 is 10.1 Å². The quantitative estimate of drug-likeness (QED) is 0.768. The minimum absolute atomic E-state index is 0.138. The van der Waals surface area contributed by atoms with Crippen molar-refractivity contribution in [3.8, 4) is 0 Å². The number of aromatic nitrogens is 2. The van der Waals surface area contributed by atoms with Gasteiger partial charge in [0.1, 0.15) is 10.0 Å². The normalized spacial score (nSPS) is 19.1. The van der Waals surface area contributed by atoms with Crippen molar-refractivity contribution in [2.45, 2.75) is 42.4 Å². The van der Waals surface area contributed by atoms with Crippen LogP contribution in [0.2, 0.25) is 0 Å². The Balaban J connectivity index is 1.40. The van der Waals surface area contributed by atoms with Crippen LogP contribution < -0.4 is 5.32 Å². The second-order valence-electron chi connectivity index (χ2n) is 7.06. The van der Waals surface area contributed by atoms with E-state index < -0.39 is 10.0 Å². The Kier molecular flexibility index (Phi) is 5.81. The highest BCUT2D eigenvalue weighted by atomic mass is 32.2. The molecule has 1 aliphatic heterocycles. The molecule has 0 atom stereocenters. The maximum absolute atomic E-state index is 12.7. The number of rotatable bonds is 6. The lowest BCUT2D eigenvalue weighted by atomic mass is 10.2. The molecule has 0 bridgehead atoms. The number of thiophene rings is 1. The first-order valence-electron chi connectivity index (χ1n) is 9.54. The van der Waals surface area contributed by atoms with Gasteiger partial charge in [-0.25, -0.2) is 13.1 Å². The van der Waals surface area contributed by atoms with Crippen LogP contribution in [0.4, 0.5) is 5.82 Å². The van der Waals surface area contributed by atoms with E-state index >= 15 is 0 Å². The number of anilines is 1. The summed E-state index contributed by atoms with van der Waals surface area (Å²) in [5.74, 6) is 0.534. The molecule has 28 heavy (non-hydrogen) atoms. The van der Waals surface area contributed by atoms with Crippen LogP contribution in [0.5, 0.6) is 0 Å². The van der Waals surface area contributed by atoms with E-state index in [2.05, 4.69) is 10.4 Å². The molecule has 2 aliphatic rings. The molecule has 2 aromatic heterocycles. The Morgan fingerprint density at radius 1 is 1.21 bits per heavy atom. The maximum Gasteiger partial charge on any atom is 0.252 e. The molecule has 3 heterocycles. The van der Waals surface area contributed by atoms with Gasteiger partial charge in [-0.3, -0.25) is 4.79 Å². The lowest BCUT2D eigenvalue weighted by Gasteiger charge is -2.25. The second-order valence-corrected chi connectivity index (χ2v) is 10.4. The number of carbonyl (C=O) groups is 1. The Morgan fingerprint density at radius 2 is 1.96 bits per heavy atom. The van der Waals surface area contributed by atoms with E-state index in [9.17, 15) is 13.2 Å². The summed E-state index contributed by atoms with van der Waals surface area (Å²) in [6.45, 7) is 1.55. The first kappa shape index (κ1) is 19.6. The number of sulfonamides is 1. The standard InChI is InChI=1S/C18H24N4O4S2/c23-17(20-16-7-8-19-22(16)14-3-1-2-4-14)13-15-5-6-18(27-15)28(24,25)21-9-11-26-12-10-21/h5-8,14H,1-4,9-13H2,(H,20,23). The summed E-state index contributed by atoms with van der Waals surface area (Å²) < 4.78 is 34.2. The molecule has 0 spiro atoms. The molecule has 0 aromatic carbocycles. The molecule has 0 radical (unpaired) electrons. The van der Waals surface area contributed by atoms with Crippen LogP contribution in [0.1, 0.15) is 36.6 Å². The average molecular weight is 425 g/mol. The molecule has 0 unspecified atom stereocenters. The number of hydrogen-bond donors (Lipinski definition) is 1. The monoisotopic (exact) mass is 424 g/mol. The zero-order valence-corrected chi connectivity index (χ0v) is 17.2. The first-order chi connectivity index (χ1) is 13.5. The molecule has 2 fully saturated rings. The van der Waals surface area contributed by atoms with Gasteiger partial charge in [-0.1, -0.05) is 12.8 Å². The number of amides is 1. The molecule has 1 saturated heterocycles. The van der Waals surface area contributed by atoms with Crippen molar-refractivity contribution in [2.75, 3.05) is 31.6 Å². The molecule has 2 aromatic rings. The van der Waals surface area contributed by atoms with E-state index in [1.165, 1.54) is 17.1 Å². The molecule has 1 N–H and O–H groups in total. The number of morpholine rings is 1. The van der Waals surface area contributed by atoms with Crippen molar-refractivity contribution in [2.24, 2.45) is 0 Å². The number of carbonyl (C=O) groups excluding carboxylic acids is 1. The van der Waals surface area contributed by atoms with Crippen LogP contribution >= 0.6 is 11.3 Å². The minimum Gasteiger partial charge on any atom is -0.379 e. The Bertz CT molecular complexity index is 925. The molecule has 152 valence electrons. The second kappa shape index (κ2) is 8.32. The third kappa shape index (κ3) is 4.14. The summed E-state index contributed by atoms with van der Waals surface area (Å²) in [7, 11) is -3.52. The van der Waals surface area contributed by atoms with E-state index in [0.717, 1.165) is 29.1 Å². The number of hydrogen-bond acceptors (Lipinski definition) is 6. The lowest BCUT2D eigenvalue weighted by molar-refractivity contribution is -0.115. The molecule has 10 heteroatoms. The third-order valence-corrected chi connectivity index (χ3v) is 8.60. The predicted octanol–water partition coefficient (Wildman–Crippen LogP) is 2.26. The van der Waals surface area contributed by atoms with Crippen LogP contribution in [0.3, 0.4) is 0 Å². The largest absolute Gasteiger partial charge is 0.379 e. The van der Waals surface area contributed by atoms with Crippen LogP contribution in [-0.2, 0) is 26.0 Å². The van der Waals surface area contributed by atoms with E-state index in [1.807, 2.05) is 4.68 Å². The maximum atomic E-state index is 12.7. The van der Waals surface area contributed by atoms with Crippen molar-refractivity contribution in [1.29, 1.82) is 0 Å². The van der Waals surface area contributed by atoms with Crippen molar-refractivity contribution < 1.29 is 17.9 Å². The van der Waals surface area contributed by atoms with Gasteiger partial charge in [-0.05, 0) is 25.0 Å². The van der Waals surface area contributed by atoms with Gasteiger partial charge in [0.2, 0.25) is 5.91 Å². The Hall–Kier alpha value is -1.75. The number of nitrogens with zero attached hydrogens (tertiary/aromatic N) is 3. The summed E-state index contributed by atoms with van der Waals surface area (Å²) in [6, 6.07) is 5.45. The highest BCUT2D eigenvalue weighted by molar-refractivity contribution is 7.91. The third-order valence-electron chi connectivity index (χ3n) is 5.14. The smallest absolute Gasteiger partial charge is 0.252 e. The number of ether oxygens (including phenoxy) is 1. The highest BCUT2D eigenvalue weighted by Crippen LogP contribution is 2.31. The molecule has 1 saturated carbocycles. The van der Waals surface area contributed by atoms with E-state index in [0.29, 0.717) is 38.2 Å². The summed E-state index contributed by atoms with van der Waals surface area (Å²) in [4.78, 5) is 13.2. The molecule has 1 amide bonds. The summed E-state index contributed by atoms with van der Waals surface area (Å²) in [5.41, 5.74) is 0. The van der Waals surface area contributed by atoms with E-state index in [-0.39, 0.29) is 16.5 Å². The predicted molar refractivity (Wildman–Crippen MR) is 106 cm³/mol. The molecular weight excluding hydrogens is 400 g/mol. The average Bonchev–Trinajstić information content (AvgIpc) is 3.44. The minimum atomic E-state index is -3.52. The van der Waals surface area contributed by atoms with Crippen molar-refractivity contribution in [3.63, 3.8) is 0 Å². The fraction of sp³-hybridized carbons (Fsp3) is 0.556. The van der Waals surface area contributed by atoms with Gasteiger partial charge in [0.25, 0.3) is 10.0 Å². The number of nitrogens with one attached hydrogen (secondary N) is 1. The lowest BCUT2D eigenvalue weighted by Crippen LogP contribution is -2.40. The van der Waals surface area contributed by atoms with Crippen LogP contribution in [-0.4, -0.2) is 54.7 Å². The van der Waals surface area contributed by atoms with Gasteiger partial charge >= 0.3 is 0 Å².